The van der Waals surface area contributed by atoms with Crippen LogP contribution in [0, 0.1) is 0 Å². The molecule has 1 rings (SSSR count). The molecule has 0 atom stereocenters. The maximum Gasteiger partial charge on any atom is 0.329 e. The van der Waals surface area contributed by atoms with Gasteiger partial charge in [-0.2, -0.15) is 0 Å². The molecule has 0 aliphatic carbocycles. The van der Waals surface area contributed by atoms with Crippen LogP contribution in [0.25, 0.3) is 0 Å². The number of hydrogen-bond donors (Lipinski definition) is 2. The summed E-state index contributed by atoms with van der Waals surface area (Å²) in [5.74, 6) is -1.41. The van der Waals surface area contributed by atoms with Gasteiger partial charge in [0, 0.05) is 18.3 Å². The summed E-state index contributed by atoms with van der Waals surface area (Å²) < 4.78 is 4.62. The van der Waals surface area contributed by atoms with Gasteiger partial charge in [0.25, 0.3) is 0 Å². The van der Waals surface area contributed by atoms with E-state index < -0.39 is 12.6 Å². The van der Waals surface area contributed by atoms with Gasteiger partial charge in [0.05, 0.1) is 11.2 Å². The predicted octanol–water partition coefficient (Wildman–Crippen LogP) is -0.0970. The van der Waals surface area contributed by atoms with E-state index in [0.717, 1.165) is 5.69 Å². The molecule has 16 heavy (non-hydrogen) atoms. The van der Waals surface area contributed by atoms with Crippen molar-refractivity contribution in [1.82, 2.24) is 10.3 Å². The highest BCUT2D eigenvalue weighted by atomic mass is 32.1. The average Bonchev–Trinajstić information content (AvgIpc) is 2.70. The van der Waals surface area contributed by atoms with Crippen molar-refractivity contribution in [2.24, 2.45) is 0 Å². The second kappa shape index (κ2) is 6.91. The first kappa shape index (κ1) is 12.6. The van der Waals surface area contributed by atoms with Gasteiger partial charge >= 0.3 is 5.97 Å². The van der Waals surface area contributed by atoms with Crippen LogP contribution < -0.4 is 5.32 Å². The highest BCUT2D eigenvalue weighted by Crippen LogP contribution is 2.00. The molecule has 0 saturated carbocycles. The van der Waals surface area contributed by atoms with Crippen LogP contribution in [0.15, 0.2) is 10.9 Å². The molecule has 1 aromatic rings. The number of amides is 1. The summed E-state index contributed by atoms with van der Waals surface area (Å²) in [5, 5.41) is 12.8. The Hall–Kier alpha value is -1.47. The second-order valence-electron chi connectivity index (χ2n) is 2.97. The predicted molar refractivity (Wildman–Crippen MR) is 57.3 cm³/mol. The fourth-order valence-electron chi connectivity index (χ4n) is 0.973. The number of aliphatic carboxylic acids is 1. The van der Waals surface area contributed by atoms with Crippen LogP contribution in [0.3, 0.4) is 0 Å². The summed E-state index contributed by atoms with van der Waals surface area (Å²) in [7, 11) is 0. The monoisotopic (exact) mass is 244 g/mol. The molecule has 0 aromatic carbocycles. The minimum Gasteiger partial charge on any atom is -0.480 e. The molecule has 0 spiro atoms. The Labute approximate surface area is 96.3 Å². The maximum absolute atomic E-state index is 11.1. The molecule has 7 heteroatoms. The third kappa shape index (κ3) is 5.42. The van der Waals surface area contributed by atoms with E-state index in [1.807, 2.05) is 5.38 Å². The number of aromatic nitrogens is 1. The van der Waals surface area contributed by atoms with Crippen molar-refractivity contribution < 1.29 is 19.4 Å². The van der Waals surface area contributed by atoms with Crippen molar-refractivity contribution in [2.75, 3.05) is 19.8 Å². The van der Waals surface area contributed by atoms with E-state index in [9.17, 15) is 9.59 Å². The second-order valence-corrected chi connectivity index (χ2v) is 3.68. The lowest BCUT2D eigenvalue weighted by Gasteiger charge is -2.03. The zero-order valence-electron chi connectivity index (χ0n) is 8.51. The molecule has 0 radical (unpaired) electrons. The number of hydrogen-bond acceptors (Lipinski definition) is 5. The van der Waals surface area contributed by atoms with E-state index in [0.29, 0.717) is 13.0 Å². The number of nitrogens with zero attached hydrogens (tertiary/aromatic N) is 1. The number of rotatable bonds is 7. The summed E-state index contributed by atoms with van der Waals surface area (Å²) in [6.07, 6.45) is 0.661. The lowest BCUT2D eigenvalue weighted by molar-refractivity contribution is -0.143. The van der Waals surface area contributed by atoms with Gasteiger partial charge in [0.15, 0.2) is 0 Å². The standard InChI is InChI=1S/C9H12N2O4S/c12-8(3-15-4-9(13)14)10-2-1-7-5-16-6-11-7/h5-6H,1-4H2,(H,10,12)(H,13,14). The molecule has 0 aliphatic heterocycles. The van der Waals surface area contributed by atoms with Gasteiger partial charge in [-0.15, -0.1) is 11.3 Å². The van der Waals surface area contributed by atoms with Crippen molar-refractivity contribution in [3.05, 3.63) is 16.6 Å². The summed E-state index contributed by atoms with van der Waals surface area (Å²) in [4.78, 5) is 25.2. The number of carbonyl (C=O) groups excluding carboxylic acids is 1. The Bertz CT molecular complexity index is 339. The zero-order valence-corrected chi connectivity index (χ0v) is 9.33. The molecule has 88 valence electrons. The van der Waals surface area contributed by atoms with Gasteiger partial charge in [-0.3, -0.25) is 4.79 Å². The van der Waals surface area contributed by atoms with Gasteiger partial charge < -0.3 is 15.2 Å². The van der Waals surface area contributed by atoms with Crippen LogP contribution in [0.4, 0.5) is 0 Å². The molecule has 0 saturated heterocycles. The Morgan fingerprint density at radius 3 is 2.94 bits per heavy atom. The maximum atomic E-state index is 11.1. The SMILES string of the molecule is O=C(O)COCC(=O)NCCc1cscn1. The van der Waals surface area contributed by atoms with E-state index in [1.54, 1.807) is 5.51 Å². The van der Waals surface area contributed by atoms with Crippen LogP contribution in [-0.4, -0.2) is 41.7 Å². The molecule has 1 aromatic heterocycles. The van der Waals surface area contributed by atoms with E-state index in [-0.39, 0.29) is 12.5 Å². The fourth-order valence-corrected chi connectivity index (χ4v) is 1.57. The summed E-state index contributed by atoms with van der Waals surface area (Å²) >= 11 is 1.50. The molecular formula is C9H12N2O4S. The van der Waals surface area contributed by atoms with Gasteiger partial charge in [0.2, 0.25) is 5.91 Å². The van der Waals surface area contributed by atoms with Crippen molar-refractivity contribution in [3.8, 4) is 0 Å². The van der Waals surface area contributed by atoms with Crippen molar-refractivity contribution in [2.45, 2.75) is 6.42 Å². The number of nitrogens with one attached hydrogen (secondary N) is 1. The lowest BCUT2D eigenvalue weighted by atomic mass is 10.3. The quantitative estimate of drug-likeness (QED) is 0.699. The summed E-state index contributed by atoms with van der Waals surface area (Å²) in [6.45, 7) is -0.220. The lowest BCUT2D eigenvalue weighted by Crippen LogP contribution is -2.30. The minimum atomic E-state index is -1.09. The molecule has 0 bridgehead atoms. The topological polar surface area (TPSA) is 88.5 Å². The summed E-state index contributed by atoms with van der Waals surface area (Å²) in [5.41, 5.74) is 2.66. The third-order valence-corrected chi connectivity index (χ3v) is 2.28. The Morgan fingerprint density at radius 1 is 1.50 bits per heavy atom. The number of carbonyl (C=O) groups is 2. The minimum absolute atomic E-state index is 0.233. The fraction of sp³-hybridized carbons (Fsp3) is 0.444. The number of thiazole rings is 1. The van der Waals surface area contributed by atoms with Crippen molar-refractivity contribution in [3.63, 3.8) is 0 Å². The smallest absolute Gasteiger partial charge is 0.329 e. The first-order valence-electron chi connectivity index (χ1n) is 4.62. The number of carboxylic acid groups (broad SMARTS) is 1. The van der Waals surface area contributed by atoms with Crippen molar-refractivity contribution >= 4 is 23.2 Å². The first-order chi connectivity index (χ1) is 7.68. The Morgan fingerprint density at radius 2 is 2.31 bits per heavy atom. The van der Waals surface area contributed by atoms with E-state index in [4.69, 9.17) is 5.11 Å². The summed E-state index contributed by atoms with van der Waals surface area (Å²) in [6, 6.07) is 0. The highest BCUT2D eigenvalue weighted by molar-refractivity contribution is 7.07. The third-order valence-electron chi connectivity index (χ3n) is 1.65. The first-order valence-corrected chi connectivity index (χ1v) is 5.56. The van der Waals surface area contributed by atoms with E-state index in [2.05, 4.69) is 15.0 Å². The molecule has 2 N–H and O–H groups in total. The highest BCUT2D eigenvalue weighted by Gasteiger charge is 2.03. The van der Waals surface area contributed by atoms with E-state index in [1.165, 1.54) is 11.3 Å². The Balaban J connectivity index is 2.04. The molecular weight excluding hydrogens is 232 g/mol. The number of carboxylic acids is 1. The normalized spacial score (nSPS) is 10.0. The molecule has 0 fully saturated rings. The largest absolute Gasteiger partial charge is 0.480 e. The van der Waals surface area contributed by atoms with Crippen LogP contribution in [0.5, 0.6) is 0 Å². The Kier molecular flexibility index (Phi) is 5.44. The number of ether oxygens (including phenoxy) is 1. The van der Waals surface area contributed by atoms with Gasteiger partial charge in [-0.05, 0) is 0 Å². The zero-order chi connectivity index (χ0) is 11.8. The molecule has 1 heterocycles. The van der Waals surface area contributed by atoms with Crippen LogP contribution >= 0.6 is 11.3 Å². The van der Waals surface area contributed by atoms with Crippen LogP contribution in [-0.2, 0) is 20.7 Å². The van der Waals surface area contributed by atoms with Gasteiger partial charge in [-0.1, -0.05) is 0 Å². The van der Waals surface area contributed by atoms with E-state index >= 15 is 0 Å². The molecule has 0 unspecified atom stereocenters. The molecule has 1 amide bonds. The van der Waals surface area contributed by atoms with Crippen LogP contribution in [0.1, 0.15) is 5.69 Å². The molecule has 0 aliphatic rings. The molecule has 6 nitrogen and oxygen atoms in total. The van der Waals surface area contributed by atoms with Gasteiger partial charge in [-0.25, -0.2) is 9.78 Å². The van der Waals surface area contributed by atoms with Crippen molar-refractivity contribution in [1.29, 1.82) is 0 Å². The van der Waals surface area contributed by atoms with Crippen LogP contribution in [0.2, 0.25) is 0 Å². The average molecular weight is 244 g/mol. The van der Waals surface area contributed by atoms with Gasteiger partial charge in [0.1, 0.15) is 13.2 Å².